The van der Waals surface area contributed by atoms with Gasteiger partial charge in [-0.15, -0.1) is 0 Å². The Morgan fingerprint density at radius 2 is 2.53 bits per heavy atom. The minimum Gasteiger partial charge on any atom is -0.440 e. The molecule has 4 nitrogen and oxygen atoms in total. The first-order chi connectivity index (χ1) is 7.36. The third-order valence-corrected chi connectivity index (χ3v) is 2.89. The zero-order chi connectivity index (χ0) is 10.9. The Morgan fingerprint density at radius 1 is 1.67 bits per heavy atom. The van der Waals surface area contributed by atoms with Gasteiger partial charge in [0.25, 0.3) is 5.22 Å². The van der Waals surface area contributed by atoms with Crippen molar-refractivity contribution in [1.29, 1.82) is 0 Å². The number of hydrogen-bond acceptors (Lipinski definition) is 5. The summed E-state index contributed by atoms with van der Waals surface area (Å²) in [7, 11) is 1.72. The van der Waals surface area contributed by atoms with Gasteiger partial charge in [0, 0.05) is 18.9 Å². The van der Waals surface area contributed by atoms with Crippen molar-refractivity contribution < 1.29 is 9.15 Å². The number of aromatic nitrogens is 1. The molecule has 1 heterocycles. The van der Waals surface area contributed by atoms with Crippen LogP contribution in [0.4, 0.5) is 0 Å². The zero-order valence-corrected chi connectivity index (χ0v) is 10.0. The monoisotopic (exact) mass is 230 g/mol. The molecule has 0 fully saturated rings. The second-order valence-electron chi connectivity index (χ2n) is 3.22. The second-order valence-corrected chi connectivity index (χ2v) is 4.19. The van der Waals surface area contributed by atoms with E-state index in [0.717, 1.165) is 23.9 Å². The molecule has 1 unspecified atom stereocenters. The summed E-state index contributed by atoms with van der Waals surface area (Å²) in [6, 6.07) is 0.354. The fraction of sp³-hybridized carbons (Fsp3) is 0.700. The first-order valence-electron chi connectivity index (χ1n) is 5.11. The van der Waals surface area contributed by atoms with Crippen LogP contribution >= 0.6 is 11.8 Å². The maximum atomic E-state index is 5.15. The van der Waals surface area contributed by atoms with Crippen molar-refractivity contribution in [2.24, 2.45) is 0 Å². The van der Waals surface area contributed by atoms with Crippen molar-refractivity contribution in [2.75, 3.05) is 26.0 Å². The smallest absolute Gasteiger partial charge is 0.255 e. The van der Waals surface area contributed by atoms with Gasteiger partial charge in [0.2, 0.25) is 0 Å². The second kappa shape index (κ2) is 7.73. The number of hydrogen-bond donors (Lipinski definition) is 1. The lowest BCUT2D eigenvalue weighted by molar-refractivity contribution is 0.174. The van der Waals surface area contributed by atoms with Crippen molar-refractivity contribution in [3.8, 4) is 0 Å². The molecule has 1 aromatic heterocycles. The molecule has 1 rings (SSSR count). The normalized spacial score (nSPS) is 12.9. The Bertz CT molecular complexity index is 242. The maximum Gasteiger partial charge on any atom is 0.255 e. The summed E-state index contributed by atoms with van der Waals surface area (Å²) in [5, 5.41) is 4.13. The summed E-state index contributed by atoms with van der Waals surface area (Å²) in [5.74, 6) is 0.911. The summed E-state index contributed by atoms with van der Waals surface area (Å²) >= 11 is 1.61. The molecule has 0 saturated heterocycles. The van der Waals surface area contributed by atoms with E-state index in [2.05, 4.69) is 17.2 Å². The quantitative estimate of drug-likeness (QED) is 0.690. The largest absolute Gasteiger partial charge is 0.440 e. The molecule has 0 bridgehead atoms. The van der Waals surface area contributed by atoms with Crippen LogP contribution in [0.25, 0.3) is 0 Å². The van der Waals surface area contributed by atoms with Gasteiger partial charge in [-0.25, -0.2) is 4.98 Å². The van der Waals surface area contributed by atoms with Gasteiger partial charge in [0.1, 0.15) is 6.26 Å². The zero-order valence-electron chi connectivity index (χ0n) is 9.23. The fourth-order valence-corrected chi connectivity index (χ4v) is 1.99. The highest BCUT2D eigenvalue weighted by Gasteiger charge is 2.09. The van der Waals surface area contributed by atoms with Gasteiger partial charge >= 0.3 is 0 Å². The molecule has 1 N–H and O–H groups in total. The van der Waals surface area contributed by atoms with Crippen molar-refractivity contribution in [1.82, 2.24) is 10.3 Å². The Hall–Kier alpha value is -0.520. The van der Waals surface area contributed by atoms with E-state index in [1.54, 1.807) is 31.3 Å². The summed E-state index contributed by atoms with van der Waals surface area (Å²) in [6.45, 7) is 3.88. The van der Waals surface area contributed by atoms with Gasteiger partial charge in [-0.2, -0.15) is 0 Å². The number of methoxy groups -OCH3 is 1. The minimum absolute atomic E-state index is 0.354. The predicted octanol–water partition coefficient (Wildman–Crippen LogP) is 1.78. The van der Waals surface area contributed by atoms with E-state index < -0.39 is 0 Å². The van der Waals surface area contributed by atoms with Crippen LogP contribution < -0.4 is 5.32 Å². The standard InChI is InChI=1S/C10H18N2O2S/c1-3-4-11-9(7-13-2)8-15-10-12-5-6-14-10/h5-6,9,11H,3-4,7-8H2,1-2H3. The van der Waals surface area contributed by atoms with Crippen LogP contribution in [0.15, 0.2) is 22.1 Å². The van der Waals surface area contributed by atoms with E-state index in [4.69, 9.17) is 9.15 Å². The lowest BCUT2D eigenvalue weighted by Crippen LogP contribution is -2.35. The fourth-order valence-electron chi connectivity index (χ4n) is 1.17. The third-order valence-electron chi connectivity index (χ3n) is 1.87. The van der Waals surface area contributed by atoms with Crippen LogP contribution in [-0.4, -0.2) is 37.0 Å². The third kappa shape index (κ3) is 5.20. The predicted molar refractivity (Wildman–Crippen MR) is 61.2 cm³/mol. The van der Waals surface area contributed by atoms with Crippen molar-refractivity contribution in [2.45, 2.75) is 24.6 Å². The number of thioether (sulfide) groups is 1. The molecule has 0 aromatic carbocycles. The molecule has 0 spiro atoms. The van der Waals surface area contributed by atoms with Crippen LogP contribution in [0.2, 0.25) is 0 Å². The number of nitrogens with one attached hydrogen (secondary N) is 1. The molecular formula is C10H18N2O2S. The molecule has 1 aromatic rings. The van der Waals surface area contributed by atoms with E-state index in [1.807, 2.05) is 0 Å². The van der Waals surface area contributed by atoms with Crippen LogP contribution in [0, 0.1) is 0 Å². The van der Waals surface area contributed by atoms with Crippen LogP contribution in [-0.2, 0) is 4.74 Å². The van der Waals surface area contributed by atoms with Crippen LogP contribution in [0.5, 0.6) is 0 Å². The SMILES string of the molecule is CCCNC(COC)CSc1ncco1. The summed E-state index contributed by atoms with van der Waals surface area (Å²) in [5.41, 5.74) is 0. The molecular weight excluding hydrogens is 212 g/mol. The average molecular weight is 230 g/mol. The Kier molecular flexibility index (Phi) is 6.47. The first-order valence-corrected chi connectivity index (χ1v) is 6.10. The minimum atomic E-state index is 0.354. The lowest BCUT2D eigenvalue weighted by Gasteiger charge is -2.15. The molecule has 0 aliphatic carbocycles. The van der Waals surface area contributed by atoms with Gasteiger partial charge < -0.3 is 14.5 Å². The Labute approximate surface area is 94.8 Å². The maximum absolute atomic E-state index is 5.15. The summed E-state index contributed by atoms with van der Waals surface area (Å²) in [4.78, 5) is 4.06. The Balaban J connectivity index is 2.24. The van der Waals surface area contributed by atoms with E-state index in [0.29, 0.717) is 12.6 Å². The molecule has 15 heavy (non-hydrogen) atoms. The van der Waals surface area contributed by atoms with E-state index in [-0.39, 0.29) is 0 Å². The van der Waals surface area contributed by atoms with Crippen LogP contribution in [0.1, 0.15) is 13.3 Å². The molecule has 0 aliphatic rings. The molecule has 1 atom stereocenters. The molecule has 5 heteroatoms. The first kappa shape index (κ1) is 12.5. The highest BCUT2D eigenvalue weighted by molar-refractivity contribution is 7.99. The number of rotatable bonds is 8. The van der Waals surface area contributed by atoms with Crippen molar-refractivity contribution in [3.63, 3.8) is 0 Å². The summed E-state index contributed by atoms with van der Waals surface area (Å²) < 4.78 is 10.3. The van der Waals surface area contributed by atoms with Gasteiger partial charge in [0.15, 0.2) is 0 Å². The van der Waals surface area contributed by atoms with Gasteiger partial charge in [-0.05, 0) is 13.0 Å². The van der Waals surface area contributed by atoms with Gasteiger partial charge in [-0.1, -0.05) is 18.7 Å². The molecule has 0 amide bonds. The van der Waals surface area contributed by atoms with E-state index >= 15 is 0 Å². The number of ether oxygens (including phenoxy) is 1. The lowest BCUT2D eigenvalue weighted by atomic mass is 10.3. The molecule has 0 radical (unpaired) electrons. The Morgan fingerprint density at radius 3 is 3.13 bits per heavy atom. The van der Waals surface area contributed by atoms with Gasteiger partial charge in [-0.3, -0.25) is 0 Å². The highest BCUT2D eigenvalue weighted by atomic mass is 32.2. The highest BCUT2D eigenvalue weighted by Crippen LogP contribution is 2.15. The summed E-state index contributed by atoms with van der Waals surface area (Å²) in [6.07, 6.45) is 4.38. The molecule has 0 saturated carbocycles. The number of nitrogens with zero attached hydrogens (tertiary/aromatic N) is 1. The van der Waals surface area contributed by atoms with Gasteiger partial charge in [0.05, 0.1) is 12.8 Å². The molecule has 86 valence electrons. The van der Waals surface area contributed by atoms with E-state index in [9.17, 15) is 0 Å². The van der Waals surface area contributed by atoms with Crippen LogP contribution in [0.3, 0.4) is 0 Å². The molecule has 0 aliphatic heterocycles. The van der Waals surface area contributed by atoms with Crippen molar-refractivity contribution >= 4 is 11.8 Å². The average Bonchev–Trinajstić information content (AvgIpc) is 2.75. The topological polar surface area (TPSA) is 47.3 Å². The number of oxazole rings is 1. The van der Waals surface area contributed by atoms with E-state index in [1.165, 1.54) is 0 Å². The van der Waals surface area contributed by atoms with Crippen molar-refractivity contribution in [3.05, 3.63) is 12.5 Å².